The van der Waals surface area contributed by atoms with Gasteiger partial charge in [-0.05, 0) is 36.4 Å². The van der Waals surface area contributed by atoms with E-state index in [4.69, 9.17) is 8.83 Å². The van der Waals surface area contributed by atoms with Crippen molar-refractivity contribution in [2.75, 3.05) is 5.32 Å². The molecular formula is C20H16N2O5S. The Morgan fingerprint density at radius 2 is 1.89 bits per heavy atom. The van der Waals surface area contributed by atoms with Gasteiger partial charge in [-0.25, -0.2) is 13.4 Å². The first-order valence-corrected chi connectivity index (χ1v) is 10.1. The Kier molecular flexibility index (Phi) is 4.48. The molecule has 0 aliphatic rings. The molecule has 0 fully saturated rings. The quantitative estimate of drug-likeness (QED) is 0.548. The molecule has 4 rings (SSSR count). The fraction of sp³-hybridized carbons (Fsp3) is 0.100. The van der Waals surface area contributed by atoms with Gasteiger partial charge in [-0.3, -0.25) is 4.79 Å². The van der Waals surface area contributed by atoms with Gasteiger partial charge in [0.2, 0.25) is 0 Å². The second-order valence-electron chi connectivity index (χ2n) is 6.22. The van der Waals surface area contributed by atoms with Gasteiger partial charge >= 0.3 is 0 Å². The Morgan fingerprint density at radius 1 is 1.11 bits per heavy atom. The fourth-order valence-corrected chi connectivity index (χ4v) is 4.25. The maximum absolute atomic E-state index is 12.6. The molecule has 1 amide bonds. The van der Waals surface area contributed by atoms with Gasteiger partial charge in [0.25, 0.3) is 5.91 Å². The lowest BCUT2D eigenvalue weighted by molar-refractivity contribution is 0.0996. The molecule has 28 heavy (non-hydrogen) atoms. The standard InChI is InChI=1S/C20H16N2O5S/c1-13-21-17-11-15(7-8-18(17)27-13)22-20(23)19-14(9-10-26-19)12-28(24,25)16-5-3-2-4-6-16/h2-11H,12H2,1H3,(H,22,23). The number of carbonyl (C=O) groups excluding carboxylic acids is 1. The number of rotatable bonds is 5. The number of carbonyl (C=O) groups is 1. The topological polar surface area (TPSA) is 102 Å². The molecule has 2 aromatic carbocycles. The van der Waals surface area contributed by atoms with Crippen LogP contribution in [0.1, 0.15) is 22.0 Å². The molecule has 8 heteroatoms. The molecule has 0 aliphatic heterocycles. The van der Waals surface area contributed by atoms with Gasteiger partial charge in [-0.1, -0.05) is 18.2 Å². The Bertz CT molecular complexity index is 1260. The van der Waals surface area contributed by atoms with Gasteiger partial charge < -0.3 is 14.2 Å². The summed E-state index contributed by atoms with van der Waals surface area (Å²) in [4.78, 5) is 17.0. The van der Waals surface area contributed by atoms with Crippen LogP contribution in [0.3, 0.4) is 0 Å². The van der Waals surface area contributed by atoms with Crippen LogP contribution in [0, 0.1) is 6.92 Å². The van der Waals surface area contributed by atoms with Crippen LogP contribution >= 0.6 is 0 Å². The molecule has 4 aromatic rings. The normalized spacial score (nSPS) is 11.6. The van der Waals surface area contributed by atoms with Crippen LogP contribution in [0.2, 0.25) is 0 Å². The van der Waals surface area contributed by atoms with Gasteiger partial charge in [0, 0.05) is 18.2 Å². The van der Waals surface area contributed by atoms with E-state index in [9.17, 15) is 13.2 Å². The van der Waals surface area contributed by atoms with Crippen molar-refractivity contribution in [1.29, 1.82) is 0 Å². The number of nitrogens with one attached hydrogen (secondary N) is 1. The zero-order chi connectivity index (χ0) is 19.7. The smallest absolute Gasteiger partial charge is 0.291 e. The number of aromatic nitrogens is 1. The van der Waals surface area contributed by atoms with E-state index in [1.165, 1.54) is 24.5 Å². The summed E-state index contributed by atoms with van der Waals surface area (Å²) in [7, 11) is -3.60. The molecule has 0 atom stereocenters. The third kappa shape index (κ3) is 3.54. The lowest BCUT2D eigenvalue weighted by Crippen LogP contribution is -2.14. The maximum atomic E-state index is 12.6. The Hall–Kier alpha value is -3.39. The van der Waals surface area contributed by atoms with E-state index in [2.05, 4.69) is 10.3 Å². The highest BCUT2D eigenvalue weighted by Gasteiger charge is 2.22. The van der Waals surface area contributed by atoms with Crippen molar-refractivity contribution in [3.05, 3.63) is 78.1 Å². The average molecular weight is 396 g/mol. The van der Waals surface area contributed by atoms with E-state index < -0.39 is 15.7 Å². The Morgan fingerprint density at radius 3 is 2.68 bits per heavy atom. The highest BCUT2D eigenvalue weighted by Crippen LogP contribution is 2.23. The van der Waals surface area contributed by atoms with Gasteiger partial charge in [-0.2, -0.15) is 0 Å². The molecule has 0 spiro atoms. The lowest BCUT2D eigenvalue weighted by atomic mass is 10.2. The van der Waals surface area contributed by atoms with Crippen molar-refractivity contribution in [3.8, 4) is 0 Å². The Labute approximate surface area is 160 Å². The van der Waals surface area contributed by atoms with Gasteiger partial charge in [0.1, 0.15) is 5.52 Å². The summed E-state index contributed by atoms with van der Waals surface area (Å²) in [5.74, 6) is -0.394. The minimum Gasteiger partial charge on any atom is -0.459 e. The van der Waals surface area contributed by atoms with Crippen molar-refractivity contribution >= 4 is 32.5 Å². The number of benzene rings is 2. The van der Waals surface area contributed by atoms with Crippen LogP contribution in [0.5, 0.6) is 0 Å². The summed E-state index contributed by atoms with van der Waals surface area (Å²) in [5.41, 5.74) is 2.02. The van der Waals surface area contributed by atoms with Crippen molar-refractivity contribution < 1.29 is 22.0 Å². The Balaban J connectivity index is 1.56. The van der Waals surface area contributed by atoms with Crippen LogP contribution in [0.25, 0.3) is 11.1 Å². The number of aryl methyl sites for hydroxylation is 1. The molecule has 0 unspecified atom stereocenters. The summed E-state index contributed by atoms with van der Waals surface area (Å²) in [5, 5.41) is 2.70. The molecule has 0 saturated heterocycles. The lowest BCUT2D eigenvalue weighted by Gasteiger charge is -2.06. The van der Waals surface area contributed by atoms with Crippen molar-refractivity contribution in [2.24, 2.45) is 0 Å². The van der Waals surface area contributed by atoms with Gasteiger partial charge in [0.15, 0.2) is 27.1 Å². The highest BCUT2D eigenvalue weighted by atomic mass is 32.2. The number of nitrogens with zero attached hydrogens (tertiary/aromatic N) is 1. The number of fused-ring (bicyclic) bond motifs is 1. The largest absolute Gasteiger partial charge is 0.459 e. The molecule has 0 aliphatic carbocycles. The number of amides is 1. The van der Waals surface area contributed by atoms with Gasteiger partial charge in [0.05, 0.1) is 16.9 Å². The van der Waals surface area contributed by atoms with E-state index in [1.807, 2.05) is 0 Å². The predicted octanol–water partition coefficient (Wildman–Crippen LogP) is 3.96. The second-order valence-corrected chi connectivity index (χ2v) is 8.21. The first-order chi connectivity index (χ1) is 13.4. The molecule has 0 bridgehead atoms. The van der Waals surface area contributed by atoms with Crippen LogP contribution in [0.4, 0.5) is 5.69 Å². The molecule has 1 N–H and O–H groups in total. The number of hydrogen-bond donors (Lipinski definition) is 1. The number of hydrogen-bond acceptors (Lipinski definition) is 6. The minimum absolute atomic E-state index is 0.0454. The van der Waals surface area contributed by atoms with E-state index in [1.54, 1.807) is 43.3 Å². The molecule has 2 heterocycles. The summed E-state index contributed by atoms with van der Waals surface area (Å²) in [6, 6.07) is 14.6. The molecule has 0 saturated carbocycles. The SMILES string of the molecule is Cc1nc2cc(NC(=O)c3occc3CS(=O)(=O)c3ccccc3)ccc2o1. The second kappa shape index (κ2) is 6.97. The number of anilines is 1. The predicted molar refractivity (Wildman–Crippen MR) is 103 cm³/mol. The molecule has 0 radical (unpaired) electrons. The average Bonchev–Trinajstić information content (AvgIpc) is 3.27. The van der Waals surface area contributed by atoms with Crippen molar-refractivity contribution in [3.63, 3.8) is 0 Å². The molecule has 142 valence electrons. The third-order valence-corrected chi connectivity index (χ3v) is 5.83. The van der Waals surface area contributed by atoms with Crippen LogP contribution < -0.4 is 5.32 Å². The van der Waals surface area contributed by atoms with Crippen molar-refractivity contribution in [1.82, 2.24) is 4.98 Å². The summed E-state index contributed by atoms with van der Waals surface area (Å²) in [6.45, 7) is 1.74. The van der Waals surface area contributed by atoms with Crippen LogP contribution in [-0.2, 0) is 15.6 Å². The van der Waals surface area contributed by atoms with Crippen LogP contribution in [-0.4, -0.2) is 19.3 Å². The summed E-state index contributed by atoms with van der Waals surface area (Å²) in [6.07, 6.45) is 1.30. The first kappa shape index (κ1) is 18.0. The fourth-order valence-electron chi connectivity index (χ4n) is 2.87. The third-order valence-electron chi connectivity index (χ3n) is 4.15. The van der Waals surface area contributed by atoms with E-state index in [0.717, 1.165) is 0 Å². The maximum Gasteiger partial charge on any atom is 0.291 e. The highest BCUT2D eigenvalue weighted by molar-refractivity contribution is 7.90. The molecular weight excluding hydrogens is 380 g/mol. The van der Waals surface area contributed by atoms with E-state index in [0.29, 0.717) is 28.2 Å². The monoisotopic (exact) mass is 396 g/mol. The minimum atomic E-state index is -3.60. The first-order valence-electron chi connectivity index (χ1n) is 8.45. The van der Waals surface area contributed by atoms with Crippen LogP contribution in [0.15, 0.2) is 74.6 Å². The number of sulfone groups is 1. The molecule has 2 aromatic heterocycles. The zero-order valence-corrected chi connectivity index (χ0v) is 15.7. The van der Waals surface area contributed by atoms with E-state index in [-0.39, 0.29) is 16.4 Å². The summed E-state index contributed by atoms with van der Waals surface area (Å²) < 4.78 is 35.8. The molecule has 7 nitrogen and oxygen atoms in total. The number of oxazole rings is 1. The van der Waals surface area contributed by atoms with Gasteiger partial charge in [-0.15, -0.1) is 0 Å². The van der Waals surface area contributed by atoms with Crippen molar-refractivity contribution in [2.45, 2.75) is 17.6 Å². The number of furan rings is 1. The zero-order valence-electron chi connectivity index (χ0n) is 14.9. The summed E-state index contributed by atoms with van der Waals surface area (Å²) >= 11 is 0. The van der Waals surface area contributed by atoms with E-state index >= 15 is 0 Å².